The summed E-state index contributed by atoms with van der Waals surface area (Å²) in [4.78, 5) is 21.2. The minimum absolute atomic E-state index is 0.0930. The first kappa shape index (κ1) is 16.5. The first-order chi connectivity index (χ1) is 12.0. The molecule has 4 rings (SSSR count). The highest BCUT2D eigenvalue weighted by Crippen LogP contribution is 2.36. The van der Waals surface area contributed by atoms with Crippen LogP contribution in [0.2, 0.25) is 0 Å². The van der Waals surface area contributed by atoms with Gasteiger partial charge in [0.25, 0.3) is 5.91 Å². The van der Waals surface area contributed by atoms with Crippen LogP contribution in [-0.4, -0.2) is 66.6 Å². The molecule has 1 atom stereocenters. The summed E-state index contributed by atoms with van der Waals surface area (Å²) < 4.78 is 6.17. The summed E-state index contributed by atoms with van der Waals surface area (Å²) >= 11 is 0. The van der Waals surface area contributed by atoms with Crippen molar-refractivity contribution in [3.05, 3.63) is 42.1 Å². The summed E-state index contributed by atoms with van der Waals surface area (Å²) in [5, 5.41) is 1.00. The van der Waals surface area contributed by atoms with E-state index in [0.717, 1.165) is 36.0 Å². The molecule has 1 aromatic carbocycles. The van der Waals surface area contributed by atoms with Crippen LogP contribution in [-0.2, 0) is 4.74 Å². The van der Waals surface area contributed by atoms with E-state index in [1.807, 2.05) is 35.2 Å². The maximum atomic E-state index is 12.7. The van der Waals surface area contributed by atoms with Gasteiger partial charge in [0.05, 0.1) is 25.2 Å². The Kier molecular flexibility index (Phi) is 4.21. The third-order valence-corrected chi connectivity index (χ3v) is 5.35. The van der Waals surface area contributed by atoms with Crippen molar-refractivity contribution < 1.29 is 9.53 Å². The zero-order valence-electron chi connectivity index (χ0n) is 14.9. The number of carbonyl (C=O) groups is 1. The molecule has 25 heavy (non-hydrogen) atoms. The molecule has 2 saturated heterocycles. The van der Waals surface area contributed by atoms with E-state index in [9.17, 15) is 4.79 Å². The lowest BCUT2D eigenvalue weighted by molar-refractivity contribution is -0.168. The second kappa shape index (κ2) is 6.39. The lowest BCUT2D eigenvalue weighted by Gasteiger charge is -2.53. The molecule has 132 valence electrons. The molecule has 3 heterocycles. The van der Waals surface area contributed by atoms with Crippen molar-refractivity contribution in [1.29, 1.82) is 0 Å². The lowest BCUT2D eigenvalue weighted by atomic mass is 9.82. The molecule has 1 aromatic heterocycles. The Morgan fingerprint density at radius 1 is 1.36 bits per heavy atom. The summed E-state index contributed by atoms with van der Waals surface area (Å²) in [6, 6.07) is 9.62. The number of rotatable bonds is 3. The fraction of sp³-hybridized carbons (Fsp3) is 0.500. The Balaban J connectivity index is 1.37. The molecule has 5 heteroatoms. The molecular formula is C20H25N3O2. The molecule has 1 amide bonds. The highest BCUT2D eigenvalue weighted by molar-refractivity contribution is 5.98. The molecule has 0 unspecified atom stereocenters. The Labute approximate surface area is 148 Å². The van der Waals surface area contributed by atoms with Gasteiger partial charge in [-0.25, -0.2) is 0 Å². The van der Waals surface area contributed by atoms with Gasteiger partial charge in [0.1, 0.15) is 5.60 Å². The Morgan fingerprint density at radius 2 is 2.20 bits per heavy atom. The van der Waals surface area contributed by atoms with Crippen LogP contribution in [0.1, 0.15) is 23.2 Å². The number of nitrogens with zero attached hydrogens (tertiary/aromatic N) is 3. The molecule has 2 fully saturated rings. The van der Waals surface area contributed by atoms with Crippen LogP contribution in [0.3, 0.4) is 0 Å². The zero-order valence-corrected chi connectivity index (χ0v) is 14.9. The van der Waals surface area contributed by atoms with Crippen LogP contribution < -0.4 is 0 Å². The predicted octanol–water partition coefficient (Wildman–Crippen LogP) is 2.42. The highest BCUT2D eigenvalue weighted by Gasteiger charge is 2.48. The number of aromatic nitrogens is 1. The zero-order chi connectivity index (χ0) is 17.4. The molecule has 1 spiro atoms. The number of pyridine rings is 1. The lowest BCUT2D eigenvalue weighted by Crippen LogP contribution is -2.66. The van der Waals surface area contributed by atoms with Crippen LogP contribution in [0.4, 0.5) is 0 Å². The van der Waals surface area contributed by atoms with Crippen molar-refractivity contribution in [3.8, 4) is 0 Å². The van der Waals surface area contributed by atoms with Crippen molar-refractivity contribution in [1.82, 2.24) is 14.8 Å². The van der Waals surface area contributed by atoms with Crippen LogP contribution in [0.25, 0.3) is 10.9 Å². The largest absolute Gasteiger partial charge is 0.371 e. The molecule has 0 N–H and O–H groups in total. The summed E-state index contributed by atoms with van der Waals surface area (Å²) in [5.74, 6) is 0.703. The van der Waals surface area contributed by atoms with Gasteiger partial charge in [-0.15, -0.1) is 0 Å². The van der Waals surface area contributed by atoms with E-state index in [2.05, 4.69) is 24.0 Å². The van der Waals surface area contributed by atoms with E-state index in [4.69, 9.17) is 4.74 Å². The van der Waals surface area contributed by atoms with Gasteiger partial charge < -0.3 is 14.5 Å². The Morgan fingerprint density at radius 3 is 2.92 bits per heavy atom. The monoisotopic (exact) mass is 339 g/mol. The van der Waals surface area contributed by atoms with Gasteiger partial charge in [0, 0.05) is 23.7 Å². The number of likely N-dealkylation sites (tertiary alicyclic amines) is 1. The van der Waals surface area contributed by atoms with Crippen LogP contribution in [0.15, 0.2) is 36.5 Å². The first-order valence-corrected chi connectivity index (χ1v) is 8.97. The van der Waals surface area contributed by atoms with E-state index in [1.54, 1.807) is 6.20 Å². The van der Waals surface area contributed by atoms with Gasteiger partial charge in [0.15, 0.2) is 0 Å². The first-order valence-electron chi connectivity index (χ1n) is 8.97. The quantitative estimate of drug-likeness (QED) is 0.861. The maximum absolute atomic E-state index is 12.7. The van der Waals surface area contributed by atoms with Crippen molar-refractivity contribution in [2.24, 2.45) is 5.92 Å². The molecule has 0 saturated carbocycles. The van der Waals surface area contributed by atoms with Gasteiger partial charge in [-0.3, -0.25) is 9.78 Å². The third kappa shape index (κ3) is 3.26. The molecule has 5 nitrogen and oxygen atoms in total. The SMILES string of the molecule is CN(C)C[C@@H]1CCC2(CN(C(=O)c3ccc4ncccc4c3)C2)OC1. The molecule has 0 bridgehead atoms. The van der Waals surface area contributed by atoms with Crippen molar-refractivity contribution in [2.45, 2.75) is 18.4 Å². The minimum Gasteiger partial charge on any atom is -0.371 e. The van der Waals surface area contributed by atoms with Gasteiger partial charge in [0.2, 0.25) is 0 Å². The second-order valence-electron chi connectivity index (χ2n) is 7.73. The number of carbonyl (C=O) groups excluding carboxylic acids is 1. The predicted molar refractivity (Wildman–Crippen MR) is 97.6 cm³/mol. The number of benzene rings is 1. The van der Waals surface area contributed by atoms with Crippen molar-refractivity contribution >= 4 is 16.8 Å². The molecule has 2 aliphatic rings. The molecule has 2 aromatic rings. The molecule has 0 aliphatic carbocycles. The van der Waals surface area contributed by atoms with Gasteiger partial charge in [-0.05, 0) is 57.1 Å². The van der Waals surface area contributed by atoms with Crippen LogP contribution >= 0.6 is 0 Å². The highest BCUT2D eigenvalue weighted by atomic mass is 16.5. The molecule has 2 aliphatic heterocycles. The molecular weight excluding hydrogens is 314 g/mol. The molecule has 0 radical (unpaired) electrons. The van der Waals surface area contributed by atoms with Gasteiger partial charge in [-0.1, -0.05) is 6.07 Å². The van der Waals surface area contributed by atoms with Crippen LogP contribution in [0, 0.1) is 5.92 Å². The fourth-order valence-electron chi connectivity index (χ4n) is 4.01. The van der Waals surface area contributed by atoms with E-state index in [1.165, 1.54) is 6.42 Å². The Hall–Kier alpha value is -1.98. The van der Waals surface area contributed by atoms with E-state index in [-0.39, 0.29) is 11.5 Å². The summed E-state index contributed by atoms with van der Waals surface area (Å²) in [6.45, 7) is 3.31. The fourth-order valence-corrected chi connectivity index (χ4v) is 4.01. The smallest absolute Gasteiger partial charge is 0.254 e. The number of hydrogen-bond acceptors (Lipinski definition) is 4. The van der Waals surface area contributed by atoms with E-state index in [0.29, 0.717) is 19.0 Å². The standard InChI is InChI=1S/C20H25N3O2/c1-22(2)11-15-7-8-20(25-12-15)13-23(14-20)19(24)17-5-6-18-16(10-17)4-3-9-21-18/h3-6,9-10,15H,7-8,11-14H2,1-2H3/t15-/m0/s1. The summed E-state index contributed by atoms with van der Waals surface area (Å²) in [5.41, 5.74) is 1.55. The van der Waals surface area contributed by atoms with Gasteiger partial charge in [-0.2, -0.15) is 0 Å². The third-order valence-electron chi connectivity index (χ3n) is 5.35. The Bertz CT molecular complexity index is 773. The average Bonchev–Trinajstić information content (AvgIpc) is 2.59. The topological polar surface area (TPSA) is 45.7 Å². The number of hydrogen-bond donors (Lipinski definition) is 0. The number of amides is 1. The summed E-state index contributed by atoms with van der Waals surface area (Å²) in [7, 11) is 4.21. The average molecular weight is 339 g/mol. The normalized spacial score (nSPS) is 22.4. The van der Waals surface area contributed by atoms with Gasteiger partial charge >= 0.3 is 0 Å². The summed E-state index contributed by atoms with van der Waals surface area (Å²) in [6.07, 6.45) is 4.01. The van der Waals surface area contributed by atoms with Crippen LogP contribution in [0.5, 0.6) is 0 Å². The number of fused-ring (bicyclic) bond motifs is 1. The number of ether oxygens (including phenoxy) is 1. The minimum atomic E-state index is -0.100. The van der Waals surface area contributed by atoms with Crippen molar-refractivity contribution in [2.75, 3.05) is 40.3 Å². The maximum Gasteiger partial charge on any atom is 0.254 e. The van der Waals surface area contributed by atoms with E-state index < -0.39 is 0 Å². The van der Waals surface area contributed by atoms with E-state index >= 15 is 0 Å². The second-order valence-corrected chi connectivity index (χ2v) is 7.73. The van der Waals surface area contributed by atoms with Crippen molar-refractivity contribution in [3.63, 3.8) is 0 Å².